The molecule has 212 valence electrons. The lowest BCUT2D eigenvalue weighted by Gasteiger charge is -2.43. The summed E-state index contributed by atoms with van der Waals surface area (Å²) in [6.45, 7) is 6.09. The maximum atomic E-state index is 12.0. The number of methoxy groups -OCH3 is 1. The molecular formula is C26H32N2O11. The van der Waals surface area contributed by atoms with Gasteiger partial charge < -0.3 is 33.2 Å². The van der Waals surface area contributed by atoms with Crippen molar-refractivity contribution in [1.29, 1.82) is 0 Å². The Hall–Kier alpha value is -4.13. The number of hydrogen-bond acceptors (Lipinski definition) is 12. The zero-order valence-electron chi connectivity index (χ0n) is 22.5. The van der Waals surface area contributed by atoms with Crippen LogP contribution in [0.1, 0.15) is 44.5 Å². The van der Waals surface area contributed by atoms with Crippen molar-refractivity contribution < 1.29 is 52.3 Å². The lowest BCUT2D eigenvalue weighted by Crippen LogP contribution is -2.63. The van der Waals surface area contributed by atoms with Gasteiger partial charge in [0.2, 0.25) is 18.3 Å². The van der Waals surface area contributed by atoms with Crippen molar-refractivity contribution in [2.45, 2.75) is 71.7 Å². The first kappa shape index (κ1) is 29.4. The minimum Gasteiger partial charge on any atom is -0.497 e. The van der Waals surface area contributed by atoms with Crippen LogP contribution in [0.5, 0.6) is 11.6 Å². The van der Waals surface area contributed by atoms with Crippen LogP contribution in [0.25, 0.3) is 0 Å². The first-order valence-electron chi connectivity index (χ1n) is 12.1. The molecule has 1 aliphatic heterocycles. The Morgan fingerprint density at radius 1 is 0.872 bits per heavy atom. The number of aromatic nitrogens is 2. The van der Waals surface area contributed by atoms with Crippen LogP contribution in [0, 0.1) is 6.92 Å². The maximum absolute atomic E-state index is 12.0. The van der Waals surface area contributed by atoms with E-state index in [9.17, 15) is 19.2 Å². The summed E-state index contributed by atoms with van der Waals surface area (Å²) in [7, 11) is 1.58. The average molecular weight is 549 g/mol. The van der Waals surface area contributed by atoms with Crippen LogP contribution in [0.15, 0.2) is 24.3 Å². The second-order valence-electron chi connectivity index (χ2n) is 8.84. The third-order valence-electron chi connectivity index (χ3n) is 5.75. The van der Waals surface area contributed by atoms with E-state index in [1.807, 2.05) is 31.2 Å². The fourth-order valence-corrected chi connectivity index (χ4v) is 4.08. The lowest BCUT2D eigenvalue weighted by atomic mass is 9.98. The quantitative estimate of drug-likeness (QED) is 0.339. The fourth-order valence-electron chi connectivity index (χ4n) is 4.08. The van der Waals surface area contributed by atoms with Crippen molar-refractivity contribution in [3.63, 3.8) is 0 Å². The number of esters is 4. The van der Waals surface area contributed by atoms with Gasteiger partial charge in [-0.1, -0.05) is 12.1 Å². The summed E-state index contributed by atoms with van der Waals surface area (Å²) >= 11 is 0. The molecule has 1 aromatic heterocycles. The van der Waals surface area contributed by atoms with E-state index in [-0.39, 0.29) is 12.5 Å². The fraction of sp³-hybridized carbons (Fsp3) is 0.500. The number of aryl methyl sites for hydroxylation is 1. The van der Waals surface area contributed by atoms with E-state index in [0.717, 1.165) is 26.3 Å². The summed E-state index contributed by atoms with van der Waals surface area (Å²) in [6.07, 6.45) is -6.09. The minimum atomic E-state index is -1.39. The van der Waals surface area contributed by atoms with Crippen molar-refractivity contribution in [1.82, 2.24) is 10.2 Å². The van der Waals surface area contributed by atoms with Gasteiger partial charge in [-0.25, -0.2) is 0 Å². The van der Waals surface area contributed by atoms with Gasteiger partial charge in [-0.15, -0.1) is 5.10 Å². The molecule has 0 aliphatic carbocycles. The molecule has 1 N–H and O–H groups in total. The predicted octanol–water partition coefficient (Wildman–Crippen LogP) is 1.78. The molecule has 0 spiro atoms. The summed E-state index contributed by atoms with van der Waals surface area (Å²) in [5, 5.41) is 7.10. The Balaban J connectivity index is 1.97. The molecule has 1 saturated heterocycles. The number of nitrogens with zero attached hydrogens (tertiary/aromatic N) is 1. The van der Waals surface area contributed by atoms with Crippen molar-refractivity contribution >= 4 is 23.9 Å². The molecule has 13 heteroatoms. The van der Waals surface area contributed by atoms with Crippen LogP contribution < -0.4 is 9.47 Å². The Bertz CT molecular complexity index is 1180. The van der Waals surface area contributed by atoms with Gasteiger partial charge in [-0.3, -0.25) is 24.3 Å². The van der Waals surface area contributed by atoms with Crippen molar-refractivity contribution in [3.8, 4) is 11.6 Å². The third-order valence-corrected chi connectivity index (χ3v) is 5.75. The highest BCUT2D eigenvalue weighted by Crippen LogP contribution is 2.32. The molecule has 2 heterocycles. The zero-order chi connectivity index (χ0) is 28.7. The third kappa shape index (κ3) is 7.93. The molecular weight excluding hydrogens is 516 g/mol. The molecule has 0 saturated carbocycles. The SMILES string of the molecule is COc1ccc(Cc2c(OC3O[C@H](COC(C)=O)[C@@H](OC(C)=O)[C@H](OC(C)=O)[C@H]3OC(C)=O)n[nH]c2C)cc1. The maximum Gasteiger partial charge on any atom is 0.303 e. The topological polar surface area (TPSA) is 162 Å². The molecule has 1 fully saturated rings. The summed E-state index contributed by atoms with van der Waals surface area (Å²) in [6, 6.07) is 7.43. The van der Waals surface area contributed by atoms with Gasteiger partial charge in [0.05, 0.1) is 7.11 Å². The number of rotatable bonds is 10. The summed E-state index contributed by atoms with van der Waals surface area (Å²) in [5.41, 5.74) is 2.34. The second kappa shape index (κ2) is 13.1. The molecule has 0 bridgehead atoms. The Morgan fingerprint density at radius 3 is 2.03 bits per heavy atom. The Morgan fingerprint density at radius 2 is 1.46 bits per heavy atom. The van der Waals surface area contributed by atoms with Crippen molar-refractivity contribution in [3.05, 3.63) is 41.1 Å². The molecule has 13 nitrogen and oxygen atoms in total. The molecule has 3 rings (SSSR count). The normalized spacial score (nSPS) is 22.4. The molecule has 5 atom stereocenters. The van der Waals surface area contributed by atoms with Crippen molar-refractivity contribution in [2.75, 3.05) is 13.7 Å². The first-order valence-corrected chi connectivity index (χ1v) is 12.1. The monoisotopic (exact) mass is 548 g/mol. The van der Waals surface area contributed by atoms with Gasteiger partial charge in [0.1, 0.15) is 18.5 Å². The highest BCUT2D eigenvalue weighted by Gasteiger charge is 2.53. The molecule has 0 radical (unpaired) electrons. The van der Waals surface area contributed by atoms with Crippen LogP contribution >= 0.6 is 0 Å². The Labute approximate surface area is 225 Å². The number of hydrogen-bond donors (Lipinski definition) is 1. The molecule has 1 aliphatic rings. The number of carbonyl (C=O) groups excluding carboxylic acids is 4. The standard InChI is InChI=1S/C26H32N2O11/c1-13-20(11-18-7-9-19(33-6)10-8-18)25(28-27-13)39-26-24(37-17(5)32)23(36-16(4)31)22(35-15(3)30)21(38-26)12-34-14(2)29/h7-10,21-24,26H,11-12H2,1-6H3,(H,27,28)/t21-,22-,23+,24-,26?/m1/s1. The lowest BCUT2D eigenvalue weighted by molar-refractivity contribution is -0.289. The largest absolute Gasteiger partial charge is 0.497 e. The average Bonchev–Trinajstić information content (AvgIpc) is 3.19. The van der Waals surface area contributed by atoms with E-state index in [2.05, 4.69) is 10.2 Å². The Kier molecular flexibility index (Phi) is 9.88. The van der Waals surface area contributed by atoms with Crippen LogP contribution in [0.3, 0.4) is 0 Å². The zero-order valence-corrected chi connectivity index (χ0v) is 22.5. The summed E-state index contributed by atoms with van der Waals surface area (Å²) < 4.78 is 38.7. The van der Waals surface area contributed by atoms with Crippen LogP contribution in [0.4, 0.5) is 0 Å². The molecule has 1 unspecified atom stereocenters. The van der Waals surface area contributed by atoms with Gasteiger partial charge in [0.25, 0.3) is 0 Å². The summed E-state index contributed by atoms with van der Waals surface area (Å²) in [4.78, 5) is 47.5. The van der Waals surface area contributed by atoms with Gasteiger partial charge in [0.15, 0.2) is 12.2 Å². The molecule has 39 heavy (non-hydrogen) atoms. The van der Waals surface area contributed by atoms with E-state index >= 15 is 0 Å². The summed E-state index contributed by atoms with van der Waals surface area (Å²) in [5.74, 6) is -1.96. The van der Waals surface area contributed by atoms with E-state index in [4.69, 9.17) is 33.2 Å². The highest BCUT2D eigenvalue weighted by molar-refractivity contribution is 5.68. The number of nitrogens with one attached hydrogen (secondary N) is 1. The van der Waals surface area contributed by atoms with E-state index in [1.165, 1.54) is 6.92 Å². The van der Waals surface area contributed by atoms with Gasteiger partial charge in [-0.2, -0.15) is 0 Å². The van der Waals surface area contributed by atoms with Gasteiger partial charge in [0, 0.05) is 45.4 Å². The number of ether oxygens (including phenoxy) is 7. The molecule has 0 amide bonds. The van der Waals surface area contributed by atoms with E-state index in [1.54, 1.807) is 7.11 Å². The second-order valence-corrected chi connectivity index (χ2v) is 8.84. The van der Waals surface area contributed by atoms with E-state index < -0.39 is 54.6 Å². The van der Waals surface area contributed by atoms with Crippen LogP contribution in [-0.4, -0.2) is 78.5 Å². The number of benzene rings is 1. The predicted molar refractivity (Wildman–Crippen MR) is 132 cm³/mol. The highest BCUT2D eigenvalue weighted by atomic mass is 16.7. The first-order chi connectivity index (χ1) is 18.5. The minimum absolute atomic E-state index is 0.143. The van der Waals surface area contributed by atoms with Crippen LogP contribution in [-0.2, 0) is 49.3 Å². The number of carbonyl (C=O) groups is 4. The van der Waals surface area contributed by atoms with Crippen LogP contribution in [0.2, 0.25) is 0 Å². The number of H-pyrrole nitrogens is 1. The number of aromatic amines is 1. The van der Waals surface area contributed by atoms with E-state index in [0.29, 0.717) is 23.4 Å². The smallest absolute Gasteiger partial charge is 0.303 e. The molecule has 1 aromatic carbocycles. The molecule has 2 aromatic rings. The van der Waals surface area contributed by atoms with Gasteiger partial charge >= 0.3 is 23.9 Å². The van der Waals surface area contributed by atoms with Crippen molar-refractivity contribution in [2.24, 2.45) is 0 Å². The van der Waals surface area contributed by atoms with Gasteiger partial charge in [-0.05, 0) is 24.6 Å².